The van der Waals surface area contributed by atoms with Crippen molar-refractivity contribution in [3.05, 3.63) is 54.2 Å². The summed E-state index contributed by atoms with van der Waals surface area (Å²) in [5, 5.41) is 0. The number of aromatic nitrogens is 1. The maximum absolute atomic E-state index is 14.0. The molecule has 0 unspecified atom stereocenters. The molecule has 1 spiro atoms. The molecule has 1 aliphatic carbocycles. The van der Waals surface area contributed by atoms with Crippen molar-refractivity contribution in [3.63, 3.8) is 0 Å². The number of carbonyl (C=O) groups excluding carboxylic acids is 1. The van der Waals surface area contributed by atoms with Crippen molar-refractivity contribution in [1.82, 2.24) is 9.88 Å². The number of likely N-dealkylation sites (tertiary alicyclic amines) is 1. The summed E-state index contributed by atoms with van der Waals surface area (Å²) in [6.45, 7) is 4.25. The number of piperidine rings is 2. The van der Waals surface area contributed by atoms with E-state index < -0.39 is 0 Å². The van der Waals surface area contributed by atoms with Crippen LogP contribution in [0.25, 0.3) is 0 Å². The lowest BCUT2D eigenvalue weighted by atomic mass is 9.73. The average molecular weight is 417 g/mol. The minimum absolute atomic E-state index is 0.349. The van der Waals surface area contributed by atoms with Gasteiger partial charge in [0.25, 0.3) is 0 Å². The number of benzene rings is 1. The number of fused-ring (bicyclic) bond motifs is 2. The first-order chi connectivity index (χ1) is 15.3. The number of rotatable bonds is 3. The molecule has 31 heavy (non-hydrogen) atoms. The zero-order valence-electron chi connectivity index (χ0n) is 18.2. The second-order valence-corrected chi connectivity index (χ2v) is 9.83. The van der Waals surface area contributed by atoms with Crippen LogP contribution < -0.4 is 9.80 Å². The van der Waals surface area contributed by atoms with Crippen LogP contribution in [0, 0.1) is 0 Å². The van der Waals surface area contributed by atoms with Gasteiger partial charge in [0, 0.05) is 37.1 Å². The molecular formula is C26H32N4O. The highest BCUT2D eigenvalue weighted by atomic mass is 16.2. The van der Waals surface area contributed by atoms with E-state index in [1.165, 1.54) is 43.6 Å². The first-order valence-corrected chi connectivity index (χ1v) is 12.1. The van der Waals surface area contributed by atoms with Crippen LogP contribution in [-0.2, 0) is 10.2 Å². The number of hydrogen-bond acceptors (Lipinski definition) is 4. The molecule has 5 heteroatoms. The third-order valence-electron chi connectivity index (χ3n) is 8.26. The fourth-order valence-corrected chi connectivity index (χ4v) is 6.40. The number of para-hydroxylation sites is 1. The van der Waals surface area contributed by atoms with Crippen LogP contribution >= 0.6 is 0 Å². The van der Waals surface area contributed by atoms with E-state index in [0.717, 1.165) is 44.6 Å². The molecule has 162 valence electrons. The van der Waals surface area contributed by atoms with Crippen molar-refractivity contribution < 1.29 is 4.79 Å². The highest BCUT2D eigenvalue weighted by Crippen LogP contribution is 2.51. The minimum atomic E-state index is -0.349. The van der Waals surface area contributed by atoms with Gasteiger partial charge in [-0.1, -0.05) is 30.7 Å². The smallest absolute Gasteiger partial charge is 0.238 e. The van der Waals surface area contributed by atoms with Gasteiger partial charge < -0.3 is 14.7 Å². The van der Waals surface area contributed by atoms with Gasteiger partial charge in [-0.25, -0.2) is 4.98 Å². The van der Waals surface area contributed by atoms with Crippen molar-refractivity contribution in [2.75, 3.05) is 36.0 Å². The number of hydrogen-bond donors (Lipinski definition) is 0. The summed E-state index contributed by atoms with van der Waals surface area (Å²) in [5.74, 6) is 1.38. The summed E-state index contributed by atoms with van der Waals surface area (Å²) in [6, 6.07) is 15.7. The fraction of sp³-hybridized carbons (Fsp3) is 0.538. The van der Waals surface area contributed by atoms with Gasteiger partial charge >= 0.3 is 0 Å². The molecule has 1 aromatic carbocycles. The molecule has 2 saturated heterocycles. The molecule has 4 heterocycles. The van der Waals surface area contributed by atoms with Crippen LogP contribution in [-0.4, -0.2) is 54.1 Å². The summed E-state index contributed by atoms with van der Waals surface area (Å²) in [6.07, 6.45) is 9.92. The molecule has 1 saturated carbocycles. The highest BCUT2D eigenvalue weighted by molar-refractivity contribution is 6.09. The Bertz CT molecular complexity index is 941. The molecule has 2 aromatic rings. The van der Waals surface area contributed by atoms with E-state index in [4.69, 9.17) is 0 Å². The van der Waals surface area contributed by atoms with E-state index in [1.807, 2.05) is 18.3 Å². The van der Waals surface area contributed by atoms with Gasteiger partial charge in [-0.15, -0.1) is 0 Å². The molecule has 6 rings (SSSR count). The standard InChI is InChI=1S/C26H32N4O/c31-25-26(11-16-29(17-12-26)24-10-4-5-13-27-24)22-8-2-3-9-23(22)30(25)21-18-20(19-21)28-14-6-1-7-15-28/h2-5,8-10,13,20-21H,1,6-7,11-12,14-19H2. The Labute approximate surface area is 185 Å². The summed E-state index contributed by atoms with van der Waals surface area (Å²) < 4.78 is 0. The zero-order valence-corrected chi connectivity index (χ0v) is 18.2. The Morgan fingerprint density at radius 1 is 0.839 bits per heavy atom. The molecule has 0 radical (unpaired) electrons. The normalized spacial score (nSPS) is 27.9. The lowest BCUT2D eigenvalue weighted by Gasteiger charge is -2.48. The molecular weight excluding hydrogens is 384 g/mol. The monoisotopic (exact) mass is 416 g/mol. The van der Waals surface area contributed by atoms with E-state index in [9.17, 15) is 4.79 Å². The average Bonchev–Trinajstić information content (AvgIpc) is 3.03. The largest absolute Gasteiger partial charge is 0.357 e. The number of amides is 1. The third kappa shape index (κ3) is 3.08. The summed E-state index contributed by atoms with van der Waals surface area (Å²) in [4.78, 5) is 25.7. The maximum Gasteiger partial charge on any atom is 0.238 e. The lowest BCUT2D eigenvalue weighted by molar-refractivity contribution is -0.125. The molecule has 0 N–H and O–H groups in total. The predicted octanol–water partition coefficient (Wildman–Crippen LogP) is 3.98. The second-order valence-electron chi connectivity index (χ2n) is 9.83. The van der Waals surface area contributed by atoms with Crippen LogP contribution in [0.15, 0.2) is 48.7 Å². The zero-order chi connectivity index (χ0) is 20.8. The highest BCUT2D eigenvalue weighted by Gasteiger charge is 2.55. The van der Waals surface area contributed by atoms with Gasteiger partial charge in [-0.3, -0.25) is 4.79 Å². The van der Waals surface area contributed by atoms with Gasteiger partial charge in [-0.2, -0.15) is 0 Å². The predicted molar refractivity (Wildman–Crippen MR) is 124 cm³/mol. The molecule has 0 atom stereocenters. The van der Waals surface area contributed by atoms with Gasteiger partial charge in [0.1, 0.15) is 5.82 Å². The molecule has 5 nitrogen and oxygen atoms in total. The topological polar surface area (TPSA) is 39.7 Å². The first-order valence-electron chi connectivity index (χ1n) is 12.1. The van der Waals surface area contributed by atoms with Crippen molar-refractivity contribution in [3.8, 4) is 0 Å². The quantitative estimate of drug-likeness (QED) is 0.759. The Hall–Kier alpha value is -2.40. The summed E-state index contributed by atoms with van der Waals surface area (Å²) in [5.41, 5.74) is 2.10. The molecule has 0 bridgehead atoms. The van der Waals surface area contributed by atoms with Gasteiger partial charge in [-0.05, 0) is 75.4 Å². The Balaban J connectivity index is 1.21. The van der Waals surface area contributed by atoms with E-state index in [1.54, 1.807) is 0 Å². The number of anilines is 2. The van der Waals surface area contributed by atoms with Gasteiger partial charge in [0.05, 0.1) is 5.41 Å². The number of nitrogens with zero attached hydrogens (tertiary/aromatic N) is 4. The maximum atomic E-state index is 14.0. The first kappa shape index (κ1) is 19.3. The van der Waals surface area contributed by atoms with E-state index in [2.05, 4.69) is 50.0 Å². The van der Waals surface area contributed by atoms with Crippen LogP contribution in [0.4, 0.5) is 11.5 Å². The summed E-state index contributed by atoms with van der Waals surface area (Å²) >= 11 is 0. The van der Waals surface area contributed by atoms with E-state index in [0.29, 0.717) is 18.0 Å². The molecule has 3 aliphatic heterocycles. The Morgan fingerprint density at radius 3 is 2.32 bits per heavy atom. The van der Waals surface area contributed by atoms with E-state index in [-0.39, 0.29) is 5.41 Å². The van der Waals surface area contributed by atoms with Crippen LogP contribution in [0.2, 0.25) is 0 Å². The number of pyridine rings is 1. The van der Waals surface area contributed by atoms with Crippen LogP contribution in [0.1, 0.15) is 50.5 Å². The fourth-order valence-electron chi connectivity index (χ4n) is 6.40. The van der Waals surface area contributed by atoms with Crippen LogP contribution in [0.3, 0.4) is 0 Å². The molecule has 1 amide bonds. The van der Waals surface area contributed by atoms with Crippen LogP contribution in [0.5, 0.6) is 0 Å². The Kier molecular flexibility index (Phi) is 4.75. The van der Waals surface area contributed by atoms with Crippen molar-refractivity contribution >= 4 is 17.4 Å². The number of carbonyl (C=O) groups is 1. The SMILES string of the molecule is O=C1N(C2CC(N3CCCCC3)C2)c2ccccc2C12CCN(c1ccccn1)CC2. The van der Waals surface area contributed by atoms with Crippen molar-refractivity contribution in [2.45, 2.75) is 62.4 Å². The van der Waals surface area contributed by atoms with Gasteiger partial charge in [0.2, 0.25) is 5.91 Å². The molecule has 3 fully saturated rings. The van der Waals surface area contributed by atoms with Gasteiger partial charge in [0.15, 0.2) is 0 Å². The van der Waals surface area contributed by atoms with Crippen molar-refractivity contribution in [2.24, 2.45) is 0 Å². The molecule has 4 aliphatic rings. The van der Waals surface area contributed by atoms with Crippen molar-refractivity contribution in [1.29, 1.82) is 0 Å². The van der Waals surface area contributed by atoms with E-state index >= 15 is 0 Å². The Morgan fingerprint density at radius 2 is 1.58 bits per heavy atom. The lowest BCUT2D eigenvalue weighted by Crippen LogP contribution is -2.58. The summed E-state index contributed by atoms with van der Waals surface area (Å²) in [7, 11) is 0. The second kappa shape index (κ2) is 7.63. The third-order valence-corrected chi connectivity index (χ3v) is 8.26. The minimum Gasteiger partial charge on any atom is -0.357 e. The molecule has 1 aromatic heterocycles.